The number of hydrogen-bond acceptors (Lipinski definition) is 4. The van der Waals surface area contributed by atoms with E-state index in [1.54, 1.807) is 30.3 Å². The van der Waals surface area contributed by atoms with E-state index in [9.17, 15) is 9.18 Å². The summed E-state index contributed by atoms with van der Waals surface area (Å²) in [6.45, 7) is 0.276. The van der Waals surface area contributed by atoms with Crippen LogP contribution in [-0.2, 0) is 11.4 Å². The fraction of sp³-hybridized carbons (Fsp3) is 0.0435. The highest BCUT2D eigenvalue weighted by Crippen LogP contribution is 2.31. The minimum atomic E-state index is -0.292. The van der Waals surface area contributed by atoms with Gasteiger partial charge in [-0.25, -0.2) is 9.38 Å². The molecule has 0 bridgehead atoms. The number of halogens is 2. The molecule has 0 spiro atoms. The van der Waals surface area contributed by atoms with E-state index in [1.165, 1.54) is 23.9 Å². The lowest BCUT2D eigenvalue weighted by molar-refractivity contribution is -0.115. The number of aliphatic imine (C=N–C) groups is 1. The number of nitrogens with zero attached hydrogens (tertiary/aromatic N) is 1. The van der Waals surface area contributed by atoms with Crippen molar-refractivity contribution in [3.05, 3.63) is 99.7 Å². The monoisotopic (exact) mass is 438 g/mol. The van der Waals surface area contributed by atoms with E-state index < -0.39 is 0 Å². The molecule has 0 aliphatic carbocycles. The zero-order valence-electron chi connectivity index (χ0n) is 15.6. The Kier molecular flexibility index (Phi) is 6.16. The van der Waals surface area contributed by atoms with E-state index >= 15 is 0 Å². The Morgan fingerprint density at radius 2 is 1.83 bits per heavy atom. The van der Waals surface area contributed by atoms with Crippen LogP contribution in [0.2, 0.25) is 5.02 Å². The first-order chi connectivity index (χ1) is 14.6. The summed E-state index contributed by atoms with van der Waals surface area (Å²) in [7, 11) is 0. The summed E-state index contributed by atoms with van der Waals surface area (Å²) in [6, 6.07) is 20.8. The second kappa shape index (κ2) is 9.15. The number of para-hydroxylation sites is 1. The van der Waals surface area contributed by atoms with Gasteiger partial charge in [-0.2, -0.15) is 0 Å². The van der Waals surface area contributed by atoms with Crippen molar-refractivity contribution in [1.82, 2.24) is 5.32 Å². The van der Waals surface area contributed by atoms with Crippen LogP contribution >= 0.6 is 23.4 Å². The molecule has 1 aliphatic rings. The summed E-state index contributed by atoms with van der Waals surface area (Å²) >= 11 is 7.61. The van der Waals surface area contributed by atoms with Crippen LogP contribution in [0.15, 0.2) is 82.7 Å². The van der Waals surface area contributed by atoms with E-state index in [0.717, 1.165) is 16.8 Å². The smallest absolute Gasteiger partial charge is 0.264 e. The summed E-state index contributed by atoms with van der Waals surface area (Å²) in [5.74, 6) is 0.0143. The highest BCUT2D eigenvalue weighted by Gasteiger charge is 2.23. The Hall–Kier alpha value is -3.09. The topological polar surface area (TPSA) is 50.7 Å². The molecule has 0 atom stereocenters. The molecule has 0 saturated carbocycles. The molecule has 0 aromatic heterocycles. The van der Waals surface area contributed by atoms with Crippen molar-refractivity contribution in [2.45, 2.75) is 6.61 Å². The number of rotatable bonds is 5. The first-order valence-corrected chi connectivity index (χ1v) is 10.3. The molecule has 1 saturated heterocycles. The van der Waals surface area contributed by atoms with Crippen LogP contribution in [0.1, 0.15) is 11.1 Å². The standard InChI is InChI=1S/C23H16ClFN2O2S/c24-19-12-16(8-11-20(19)29-14-15-6-9-17(25)10-7-15)13-21-22(28)27-23(30-21)26-18-4-2-1-3-5-18/h1-13H,14H2,(H,26,27,28)/b21-13-. The van der Waals surface area contributed by atoms with E-state index in [4.69, 9.17) is 16.3 Å². The maximum atomic E-state index is 13.0. The van der Waals surface area contributed by atoms with Crippen LogP contribution in [0.25, 0.3) is 6.08 Å². The zero-order chi connectivity index (χ0) is 20.9. The number of ether oxygens (including phenoxy) is 1. The van der Waals surface area contributed by atoms with Crippen LogP contribution in [0, 0.1) is 5.82 Å². The molecule has 0 unspecified atom stereocenters. The number of nitrogens with one attached hydrogen (secondary N) is 1. The van der Waals surface area contributed by atoms with Crippen molar-refractivity contribution >= 4 is 46.2 Å². The summed E-state index contributed by atoms with van der Waals surface area (Å²) < 4.78 is 18.7. The normalized spacial score (nSPS) is 16.1. The number of carbonyl (C=O) groups is 1. The Labute approximate surface area is 182 Å². The van der Waals surface area contributed by atoms with E-state index in [0.29, 0.717) is 20.8 Å². The van der Waals surface area contributed by atoms with Gasteiger partial charge in [0.2, 0.25) is 0 Å². The van der Waals surface area contributed by atoms with Crippen molar-refractivity contribution in [3.63, 3.8) is 0 Å². The van der Waals surface area contributed by atoms with Gasteiger partial charge >= 0.3 is 0 Å². The fourth-order valence-electron chi connectivity index (χ4n) is 2.72. The molecule has 150 valence electrons. The van der Waals surface area contributed by atoms with Crippen LogP contribution < -0.4 is 10.1 Å². The fourth-order valence-corrected chi connectivity index (χ4v) is 3.80. The summed E-state index contributed by atoms with van der Waals surface area (Å²) in [4.78, 5) is 17.2. The molecule has 1 N–H and O–H groups in total. The molecule has 4 nitrogen and oxygen atoms in total. The third kappa shape index (κ3) is 5.09. The van der Waals surface area contributed by atoms with E-state index in [1.807, 2.05) is 36.4 Å². The SMILES string of the molecule is O=C1NC(=Nc2ccccc2)S/C1=C\c1ccc(OCc2ccc(F)cc2)c(Cl)c1. The minimum Gasteiger partial charge on any atom is -0.487 e. The molecule has 3 aromatic rings. The van der Waals surface area contributed by atoms with Crippen molar-refractivity contribution in [2.24, 2.45) is 4.99 Å². The maximum Gasteiger partial charge on any atom is 0.264 e. The first-order valence-electron chi connectivity index (χ1n) is 9.08. The van der Waals surface area contributed by atoms with Crippen molar-refractivity contribution < 1.29 is 13.9 Å². The quantitative estimate of drug-likeness (QED) is 0.501. The molecule has 7 heteroatoms. The Morgan fingerprint density at radius 1 is 1.07 bits per heavy atom. The third-order valence-corrected chi connectivity index (χ3v) is 5.40. The lowest BCUT2D eigenvalue weighted by atomic mass is 10.2. The number of amides is 1. The van der Waals surface area contributed by atoms with Crippen LogP contribution in [0.4, 0.5) is 10.1 Å². The highest BCUT2D eigenvalue weighted by molar-refractivity contribution is 8.18. The zero-order valence-corrected chi connectivity index (χ0v) is 17.2. The molecule has 30 heavy (non-hydrogen) atoms. The third-order valence-electron chi connectivity index (χ3n) is 4.20. The lowest BCUT2D eigenvalue weighted by Crippen LogP contribution is -2.19. The van der Waals surface area contributed by atoms with Crippen molar-refractivity contribution in [3.8, 4) is 5.75 Å². The molecular formula is C23H16ClFN2O2S. The van der Waals surface area contributed by atoms with Gasteiger partial charge < -0.3 is 10.1 Å². The predicted molar refractivity (Wildman–Crippen MR) is 119 cm³/mol. The van der Waals surface area contributed by atoms with E-state index in [2.05, 4.69) is 10.3 Å². The Bertz CT molecular complexity index is 1130. The average Bonchev–Trinajstić information content (AvgIpc) is 3.08. The molecule has 3 aromatic carbocycles. The maximum absolute atomic E-state index is 13.0. The summed E-state index contributed by atoms with van der Waals surface area (Å²) in [6.07, 6.45) is 1.75. The number of hydrogen-bond donors (Lipinski definition) is 1. The largest absolute Gasteiger partial charge is 0.487 e. The van der Waals surface area contributed by atoms with Crippen LogP contribution in [-0.4, -0.2) is 11.1 Å². The molecule has 1 aliphatic heterocycles. The van der Waals surface area contributed by atoms with Gasteiger partial charge in [0.05, 0.1) is 15.6 Å². The van der Waals surface area contributed by atoms with Crippen molar-refractivity contribution in [1.29, 1.82) is 0 Å². The second-order valence-corrected chi connectivity index (χ2v) is 7.86. The number of amidine groups is 1. The second-order valence-electron chi connectivity index (χ2n) is 6.42. The van der Waals surface area contributed by atoms with Gasteiger partial charge in [0.1, 0.15) is 18.2 Å². The molecule has 1 fully saturated rings. The van der Waals surface area contributed by atoms with Gasteiger partial charge in [0, 0.05) is 0 Å². The van der Waals surface area contributed by atoms with Crippen LogP contribution in [0.5, 0.6) is 5.75 Å². The van der Waals surface area contributed by atoms with E-state index in [-0.39, 0.29) is 18.3 Å². The van der Waals surface area contributed by atoms with Gasteiger partial charge in [-0.15, -0.1) is 0 Å². The summed E-state index contributed by atoms with van der Waals surface area (Å²) in [5.41, 5.74) is 2.38. The van der Waals surface area contributed by atoms with Crippen molar-refractivity contribution in [2.75, 3.05) is 0 Å². The van der Waals surface area contributed by atoms with Gasteiger partial charge in [0.15, 0.2) is 5.17 Å². The number of benzene rings is 3. The van der Waals surface area contributed by atoms with Gasteiger partial charge in [-0.1, -0.05) is 48.0 Å². The molecule has 0 radical (unpaired) electrons. The average molecular weight is 439 g/mol. The summed E-state index contributed by atoms with van der Waals surface area (Å²) in [5, 5.41) is 3.72. The highest BCUT2D eigenvalue weighted by atomic mass is 35.5. The molecule has 1 amide bonds. The van der Waals surface area contributed by atoms with Gasteiger partial charge in [-0.3, -0.25) is 4.79 Å². The molecule has 1 heterocycles. The predicted octanol–water partition coefficient (Wildman–Crippen LogP) is 5.95. The van der Waals surface area contributed by atoms with Crippen LogP contribution in [0.3, 0.4) is 0 Å². The number of thioether (sulfide) groups is 1. The Morgan fingerprint density at radius 3 is 2.57 bits per heavy atom. The van der Waals surface area contributed by atoms with Gasteiger partial charge in [-0.05, 0) is 65.4 Å². The first kappa shape index (κ1) is 20.2. The molecule has 4 rings (SSSR count). The molecular weight excluding hydrogens is 423 g/mol. The number of carbonyl (C=O) groups excluding carboxylic acids is 1. The minimum absolute atomic E-state index is 0.206. The lowest BCUT2D eigenvalue weighted by Gasteiger charge is -2.09. The Balaban J connectivity index is 1.45. The van der Waals surface area contributed by atoms with Gasteiger partial charge in [0.25, 0.3) is 5.91 Å².